The summed E-state index contributed by atoms with van der Waals surface area (Å²) in [7, 11) is 0. The molecule has 0 aliphatic rings. The van der Waals surface area contributed by atoms with E-state index in [9.17, 15) is 22.8 Å². The highest BCUT2D eigenvalue weighted by atomic mass is 19.4. The van der Waals surface area contributed by atoms with Gasteiger partial charge in [0.25, 0.3) is 11.7 Å². The van der Waals surface area contributed by atoms with Gasteiger partial charge in [-0.05, 0) is 56.2 Å². The molecule has 180 valence electrons. The van der Waals surface area contributed by atoms with Gasteiger partial charge in [0, 0.05) is 12.7 Å². The zero-order valence-corrected chi connectivity index (χ0v) is 19.0. The van der Waals surface area contributed by atoms with Crippen LogP contribution in [0.25, 0.3) is 11.4 Å². The Balaban J connectivity index is 1.43. The van der Waals surface area contributed by atoms with Crippen LogP contribution in [0, 0.1) is 13.8 Å². The third kappa shape index (κ3) is 5.16. The molecule has 7 nitrogen and oxygen atoms in total. The summed E-state index contributed by atoms with van der Waals surface area (Å²) in [5, 5.41) is 11.1. The van der Waals surface area contributed by atoms with Crippen LogP contribution in [-0.4, -0.2) is 37.8 Å². The zero-order chi connectivity index (χ0) is 25.2. The van der Waals surface area contributed by atoms with E-state index in [1.807, 2.05) is 36.5 Å². The molecule has 0 spiro atoms. The van der Waals surface area contributed by atoms with Crippen molar-refractivity contribution in [3.63, 3.8) is 0 Å². The van der Waals surface area contributed by atoms with Crippen molar-refractivity contribution in [2.75, 3.05) is 6.54 Å². The first-order valence-corrected chi connectivity index (χ1v) is 10.8. The average molecular weight is 481 g/mol. The third-order valence-electron chi connectivity index (χ3n) is 5.50. The van der Waals surface area contributed by atoms with Crippen molar-refractivity contribution in [2.24, 2.45) is 0 Å². The molecule has 4 aromatic rings. The number of alkyl halides is 3. The van der Waals surface area contributed by atoms with E-state index in [-0.39, 0.29) is 29.2 Å². The number of nitrogens with one attached hydrogen (secondary N) is 1. The van der Waals surface area contributed by atoms with Gasteiger partial charge in [0.05, 0.1) is 40.1 Å². The van der Waals surface area contributed by atoms with Crippen molar-refractivity contribution < 1.29 is 22.8 Å². The minimum Gasteiger partial charge on any atom is -0.349 e. The van der Waals surface area contributed by atoms with E-state index in [2.05, 4.69) is 15.5 Å². The zero-order valence-electron chi connectivity index (χ0n) is 19.0. The average Bonchev–Trinajstić information content (AvgIpc) is 3.42. The van der Waals surface area contributed by atoms with Crippen LogP contribution in [0.1, 0.15) is 32.9 Å². The van der Waals surface area contributed by atoms with Gasteiger partial charge in [-0.1, -0.05) is 24.3 Å². The molecule has 2 aromatic heterocycles. The van der Waals surface area contributed by atoms with Gasteiger partial charge >= 0.3 is 6.18 Å². The van der Waals surface area contributed by atoms with Crippen molar-refractivity contribution in [1.82, 2.24) is 24.9 Å². The summed E-state index contributed by atoms with van der Waals surface area (Å²) in [5.41, 5.74) is 1.71. The third-order valence-corrected chi connectivity index (χ3v) is 5.50. The number of Topliss-reactive ketones (excluding diaryl/α,β-unsaturated/α-hetero) is 1. The number of halogens is 3. The molecule has 10 heteroatoms. The summed E-state index contributed by atoms with van der Waals surface area (Å²) >= 11 is 0. The Hall–Kier alpha value is -4.21. The summed E-state index contributed by atoms with van der Waals surface area (Å²) < 4.78 is 42.2. The topological polar surface area (TPSA) is 81.8 Å². The first kappa shape index (κ1) is 23.9. The van der Waals surface area contributed by atoms with Gasteiger partial charge in [0.2, 0.25) is 0 Å². The molecule has 0 saturated heterocycles. The number of hydrogen-bond donors (Lipinski definition) is 1. The fourth-order valence-electron chi connectivity index (χ4n) is 3.76. The number of para-hydroxylation sites is 1. The summed E-state index contributed by atoms with van der Waals surface area (Å²) in [6.07, 6.45) is -0.513. The largest absolute Gasteiger partial charge is 0.416 e. The van der Waals surface area contributed by atoms with E-state index in [4.69, 9.17) is 0 Å². The highest BCUT2D eigenvalue weighted by Gasteiger charge is 2.31. The number of carbonyl (C=O) groups excluding carboxylic acids is 2. The number of aromatic nitrogens is 4. The fraction of sp³-hybridized carbons (Fsp3) is 0.200. The molecule has 4 rings (SSSR count). The predicted octanol–water partition coefficient (Wildman–Crippen LogP) is 4.24. The van der Waals surface area contributed by atoms with Crippen molar-refractivity contribution in [1.29, 1.82) is 0 Å². The minimum absolute atomic E-state index is 0.0665. The number of aryl methyl sites for hydroxylation is 1. The molecule has 0 aliphatic heterocycles. The number of hydrogen-bond acceptors (Lipinski definition) is 4. The van der Waals surface area contributed by atoms with Gasteiger partial charge in [-0.25, -0.2) is 9.36 Å². The molecular formula is C25H22F3N5O2. The van der Waals surface area contributed by atoms with Gasteiger partial charge in [0.1, 0.15) is 0 Å². The quantitative estimate of drug-likeness (QED) is 0.316. The predicted molar refractivity (Wildman–Crippen MR) is 123 cm³/mol. The van der Waals surface area contributed by atoms with E-state index < -0.39 is 23.4 Å². The lowest BCUT2D eigenvalue weighted by Crippen LogP contribution is -2.33. The highest BCUT2D eigenvalue weighted by Crippen LogP contribution is 2.31. The minimum atomic E-state index is -4.51. The van der Waals surface area contributed by atoms with E-state index in [0.29, 0.717) is 6.42 Å². The van der Waals surface area contributed by atoms with Crippen molar-refractivity contribution in [3.8, 4) is 11.4 Å². The number of carbonyl (C=O) groups is 2. The molecule has 0 radical (unpaired) electrons. The normalized spacial score (nSPS) is 11.5. The maximum atomic E-state index is 13.1. The van der Waals surface area contributed by atoms with Crippen molar-refractivity contribution >= 4 is 11.7 Å². The molecular weight excluding hydrogens is 459 g/mol. The van der Waals surface area contributed by atoms with Crippen LogP contribution in [0.5, 0.6) is 0 Å². The standard InChI is InChI=1S/C25H22F3N5O2/c1-16-22(17(2)33(31-16)21-10-6-7-19(13-21)25(26,27)28)23(34)24(35)29-12-11-18-14-30-32(15-18)20-8-4-3-5-9-20/h3-10,13-15H,11-12H2,1-2H3,(H,29,35). The molecule has 2 heterocycles. The Morgan fingerprint density at radius 1 is 1.00 bits per heavy atom. The highest BCUT2D eigenvalue weighted by molar-refractivity contribution is 6.43. The monoisotopic (exact) mass is 481 g/mol. The molecule has 1 N–H and O–H groups in total. The van der Waals surface area contributed by atoms with Gasteiger partial charge < -0.3 is 5.32 Å². The summed E-state index contributed by atoms with van der Waals surface area (Å²) in [5.74, 6) is -1.60. The van der Waals surface area contributed by atoms with Crippen LogP contribution in [0.4, 0.5) is 13.2 Å². The lowest BCUT2D eigenvalue weighted by atomic mass is 10.1. The maximum absolute atomic E-state index is 13.1. The molecule has 2 aromatic carbocycles. The lowest BCUT2D eigenvalue weighted by Gasteiger charge is -2.10. The Bertz CT molecular complexity index is 1370. The van der Waals surface area contributed by atoms with Crippen molar-refractivity contribution in [2.45, 2.75) is 26.4 Å². The Labute approximate surface area is 199 Å². The number of benzene rings is 2. The second-order valence-corrected chi connectivity index (χ2v) is 7.97. The van der Waals surface area contributed by atoms with Crippen LogP contribution in [0.15, 0.2) is 67.0 Å². The lowest BCUT2D eigenvalue weighted by molar-refractivity contribution is -0.137. The van der Waals surface area contributed by atoms with E-state index >= 15 is 0 Å². The smallest absolute Gasteiger partial charge is 0.349 e. The van der Waals surface area contributed by atoms with Gasteiger partial charge in [-0.2, -0.15) is 23.4 Å². The summed E-state index contributed by atoms with van der Waals surface area (Å²) in [6.45, 7) is 3.29. The van der Waals surface area contributed by atoms with Crippen LogP contribution in [0.2, 0.25) is 0 Å². The Morgan fingerprint density at radius 2 is 1.71 bits per heavy atom. The summed E-state index contributed by atoms with van der Waals surface area (Å²) in [6, 6.07) is 14.2. The van der Waals surface area contributed by atoms with Gasteiger partial charge in [0.15, 0.2) is 0 Å². The van der Waals surface area contributed by atoms with Crippen LogP contribution < -0.4 is 5.32 Å². The van der Waals surface area contributed by atoms with E-state index in [1.165, 1.54) is 23.7 Å². The van der Waals surface area contributed by atoms with E-state index in [0.717, 1.165) is 23.4 Å². The molecule has 0 fully saturated rings. The molecule has 35 heavy (non-hydrogen) atoms. The Morgan fingerprint density at radius 3 is 2.43 bits per heavy atom. The maximum Gasteiger partial charge on any atom is 0.416 e. The van der Waals surface area contributed by atoms with E-state index in [1.54, 1.807) is 17.8 Å². The molecule has 0 bridgehead atoms. The van der Waals surface area contributed by atoms with Crippen LogP contribution in [-0.2, 0) is 17.4 Å². The second kappa shape index (κ2) is 9.57. The van der Waals surface area contributed by atoms with Gasteiger partial charge in [-0.3, -0.25) is 9.59 Å². The Kier molecular flexibility index (Phi) is 6.54. The van der Waals surface area contributed by atoms with Crippen LogP contribution >= 0.6 is 0 Å². The van der Waals surface area contributed by atoms with Crippen LogP contribution in [0.3, 0.4) is 0 Å². The molecule has 0 unspecified atom stereocenters. The molecule has 0 saturated carbocycles. The molecule has 0 atom stereocenters. The number of nitrogens with zero attached hydrogens (tertiary/aromatic N) is 4. The number of amides is 1. The summed E-state index contributed by atoms with van der Waals surface area (Å²) in [4.78, 5) is 25.4. The number of rotatable bonds is 7. The van der Waals surface area contributed by atoms with Crippen molar-refractivity contribution in [3.05, 3.63) is 95.1 Å². The molecule has 0 aliphatic carbocycles. The van der Waals surface area contributed by atoms with Gasteiger partial charge in [-0.15, -0.1) is 0 Å². The first-order valence-electron chi connectivity index (χ1n) is 10.8. The molecule has 1 amide bonds. The SMILES string of the molecule is Cc1nn(-c2cccc(C(F)(F)F)c2)c(C)c1C(=O)C(=O)NCCc1cnn(-c2ccccc2)c1. The second-order valence-electron chi connectivity index (χ2n) is 7.97. The fourth-order valence-corrected chi connectivity index (χ4v) is 3.76. The first-order chi connectivity index (χ1) is 16.6. The number of ketones is 1.